The number of fused-ring (bicyclic) bond motifs is 1. The first-order valence-corrected chi connectivity index (χ1v) is 7.59. The first-order valence-electron chi connectivity index (χ1n) is 6.79. The third kappa shape index (κ3) is 3.04. The van der Waals surface area contributed by atoms with E-state index >= 15 is 0 Å². The van der Waals surface area contributed by atoms with Crippen LogP contribution in [0.5, 0.6) is 0 Å². The van der Waals surface area contributed by atoms with Gasteiger partial charge in [0.05, 0.1) is 0 Å². The molecule has 0 aromatic heterocycles. The zero-order chi connectivity index (χ0) is 12.5. The Morgan fingerprint density at radius 1 is 1.26 bits per heavy atom. The molecule has 0 spiro atoms. The van der Waals surface area contributed by atoms with Crippen molar-refractivity contribution < 1.29 is 4.79 Å². The van der Waals surface area contributed by atoms with Gasteiger partial charge in [-0.25, -0.2) is 0 Å². The van der Waals surface area contributed by atoms with Gasteiger partial charge in [-0.15, -0.1) is 12.4 Å². The van der Waals surface area contributed by atoms with Crippen molar-refractivity contribution in [3.8, 4) is 0 Å². The summed E-state index contributed by atoms with van der Waals surface area (Å²) in [6.07, 6.45) is 4.62. The minimum absolute atomic E-state index is 0. The first-order chi connectivity index (χ1) is 8.75. The molecule has 2 nitrogen and oxygen atoms in total. The standard InChI is InChI=1S/C15H18BrNO.ClH/c16-14-5-3-4-13-12(14)7-6-11(15(13)18)10-17-8-1-2-9-17;/h3-5,11H,1-2,6-10H2;1H. The van der Waals surface area contributed by atoms with Crippen LogP contribution in [-0.2, 0) is 6.42 Å². The fourth-order valence-electron chi connectivity index (χ4n) is 3.16. The summed E-state index contributed by atoms with van der Waals surface area (Å²) >= 11 is 3.55. The van der Waals surface area contributed by atoms with Crippen LogP contribution in [-0.4, -0.2) is 30.3 Å². The first kappa shape index (κ1) is 15.0. The van der Waals surface area contributed by atoms with Gasteiger partial charge < -0.3 is 4.90 Å². The van der Waals surface area contributed by atoms with E-state index in [0.29, 0.717) is 5.78 Å². The predicted molar refractivity (Wildman–Crippen MR) is 83.2 cm³/mol. The van der Waals surface area contributed by atoms with E-state index in [1.165, 1.54) is 31.5 Å². The van der Waals surface area contributed by atoms with Crippen LogP contribution in [0.3, 0.4) is 0 Å². The number of rotatable bonds is 2. The van der Waals surface area contributed by atoms with E-state index in [0.717, 1.165) is 29.4 Å². The van der Waals surface area contributed by atoms with Gasteiger partial charge in [0.2, 0.25) is 0 Å². The Morgan fingerprint density at radius 2 is 2.00 bits per heavy atom. The molecule has 0 bridgehead atoms. The van der Waals surface area contributed by atoms with E-state index in [2.05, 4.69) is 20.8 Å². The molecular weight excluding hydrogens is 326 g/mol. The number of ketones is 1. The number of carbonyl (C=O) groups is 1. The maximum Gasteiger partial charge on any atom is 0.167 e. The minimum atomic E-state index is 0. The van der Waals surface area contributed by atoms with Gasteiger partial charge in [0.25, 0.3) is 0 Å². The summed E-state index contributed by atoms with van der Waals surface area (Å²) in [5.41, 5.74) is 2.15. The lowest BCUT2D eigenvalue weighted by Crippen LogP contribution is -2.34. The van der Waals surface area contributed by atoms with Gasteiger partial charge in [-0.3, -0.25) is 4.79 Å². The van der Waals surface area contributed by atoms with Crippen LogP contribution >= 0.6 is 28.3 Å². The molecule has 1 fully saturated rings. The molecule has 0 saturated carbocycles. The molecule has 2 aliphatic rings. The third-order valence-corrected chi connectivity index (χ3v) is 4.92. The maximum absolute atomic E-state index is 12.5. The Hall–Kier alpha value is -0.380. The second-order valence-electron chi connectivity index (χ2n) is 5.37. The van der Waals surface area contributed by atoms with Crippen molar-refractivity contribution in [1.29, 1.82) is 0 Å². The van der Waals surface area contributed by atoms with Crippen molar-refractivity contribution in [2.24, 2.45) is 5.92 Å². The van der Waals surface area contributed by atoms with Crippen molar-refractivity contribution in [2.45, 2.75) is 25.7 Å². The molecule has 0 N–H and O–H groups in total. The highest BCUT2D eigenvalue weighted by molar-refractivity contribution is 9.10. The van der Waals surface area contributed by atoms with Crippen LogP contribution in [0.25, 0.3) is 0 Å². The highest BCUT2D eigenvalue weighted by atomic mass is 79.9. The van der Waals surface area contributed by atoms with E-state index in [-0.39, 0.29) is 18.3 Å². The lowest BCUT2D eigenvalue weighted by atomic mass is 9.82. The number of carbonyl (C=O) groups excluding carboxylic acids is 1. The molecule has 1 atom stereocenters. The fraction of sp³-hybridized carbons (Fsp3) is 0.533. The predicted octanol–water partition coefficient (Wildman–Crippen LogP) is 3.71. The molecule has 1 aliphatic carbocycles. The normalized spacial score (nSPS) is 23.0. The number of hydrogen-bond acceptors (Lipinski definition) is 2. The quantitative estimate of drug-likeness (QED) is 0.815. The molecule has 1 aliphatic heterocycles. The highest BCUT2D eigenvalue weighted by Crippen LogP contribution is 2.31. The summed E-state index contributed by atoms with van der Waals surface area (Å²) in [5.74, 6) is 0.564. The Morgan fingerprint density at radius 3 is 2.74 bits per heavy atom. The summed E-state index contributed by atoms with van der Waals surface area (Å²) in [5, 5.41) is 0. The van der Waals surface area contributed by atoms with Gasteiger partial charge in [-0.2, -0.15) is 0 Å². The molecule has 3 rings (SSSR count). The SMILES string of the molecule is Cl.O=C1c2cccc(Br)c2CCC1CN1CCCC1. The number of hydrogen-bond donors (Lipinski definition) is 0. The van der Waals surface area contributed by atoms with Crippen LogP contribution in [0.15, 0.2) is 22.7 Å². The smallest absolute Gasteiger partial charge is 0.167 e. The van der Waals surface area contributed by atoms with Crippen LogP contribution in [0.1, 0.15) is 35.2 Å². The monoisotopic (exact) mass is 343 g/mol. The zero-order valence-corrected chi connectivity index (χ0v) is 13.3. The number of halogens is 2. The van der Waals surface area contributed by atoms with Crippen LogP contribution < -0.4 is 0 Å². The van der Waals surface area contributed by atoms with Gasteiger partial charge in [-0.1, -0.05) is 28.1 Å². The van der Waals surface area contributed by atoms with Gasteiger partial charge in [0, 0.05) is 22.5 Å². The van der Waals surface area contributed by atoms with Crippen molar-refractivity contribution in [2.75, 3.05) is 19.6 Å². The second kappa shape index (κ2) is 6.38. The van der Waals surface area contributed by atoms with E-state index in [4.69, 9.17) is 0 Å². The zero-order valence-electron chi connectivity index (χ0n) is 10.9. The lowest BCUT2D eigenvalue weighted by Gasteiger charge is -2.27. The number of likely N-dealkylation sites (tertiary alicyclic amines) is 1. The Balaban J connectivity index is 0.00000133. The molecule has 0 amide bonds. The van der Waals surface area contributed by atoms with Crippen LogP contribution in [0.2, 0.25) is 0 Å². The molecule has 104 valence electrons. The van der Waals surface area contributed by atoms with E-state index in [1.807, 2.05) is 18.2 Å². The number of Topliss-reactive ketones (excluding diaryl/α,β-unsaturated/α-hetero) is 1. The molecule has 1 heterocycles. The average molecular weight is 345 g/mol. The topological polar surface area (TPSA) is 20.3 Å². The van der Waals surface area contributed by atoms with E-state index in [1.54, 1.807) is 0 Å². The van der Waals surface area contributed by atoms with Crippen molar-refractivity contribution in [3.05, 3.63) is 33.8 Å². The lowest BCUT2D eigenvalue weighted by molar-refractivity contribution is 0.0868. The molecule has 1 aromatic rings. The minimum Gasteiger partial charge on any atom is -0.303 e. The van der Waals surface area contributed by atoms with E-state index in [9.17, 15) is 4.79 Å². The van der Waals surface area contributed by atoms with Gasteiger partial charge >= 0.3 is 0 Å². The maximum atomic E-state index is 12.5. The third-order valence-electron chi connectivity index (χ3n) is 4.18. The summed E-state index contributed by atoms with van der Waals surface area (Å²) in [6.45, 7) is 3.31. The summed E-state index contributed by atoms with van der Waals surface area (Å²) < 4.78 is 1.09. The number of benzene rings is 1. The highest BCUT2D eigenvalue weighted by Gasteiger charge is 2.30. The average Bonchev–Trinajstić information content (AvgIpc) is 2.86. The van der Waals surface area contributed by atoms with Gasteiger partial charge in [0.1, 0.15) is 0 Å². The fourth-order valence-corrected chi connectivity index (χ4v) is 3.73. The summed E-state index contributed by atoms with van der Waals surface area (Å²) in [7, 11) is 0. The summed E-state index contributed by atoms with van der Waals surface area (Å²) in [6, 6.07) is 5.99. The van der Waals surface area contributed by atoms with Crippen molar-refractivity contribution in [3.63, 3.8) is 0 Å². The molecule has 4 heteroatoms. The second-order valence-corrected chi connectivity index (χ2v) is 6.23. The van der Waals surface area contributed by atoms with Gasteiger partial charge in [0.15, 0.2) is 5.78 Å². The van der Waals surface area contributed by atoms with Crippen LogP contribution in [0, 0.1) is 5.92 Å². The molecular formula is C15H19BrClNO. The number of nitrogens with zero attached hydrogens (tertiary/aromatic N) is 1. The van der Waals surface area contributed by atoms with Crippen molar-refractivity contribution in [1.82, 2.24) is 4.90 Å². The van der Waals surface area contributed by atoms with Crippen molar-refractivity contribution >= 4 is 34.1 Å². The Bertz CT molecular complexity index is 471. The molecule has 1 aromatic carbocycles. The van der Waals surface area contributed by atoms with Gasteiger partial charge in [-0.05, 0) is 50.4 Å². The largest absolute Gasteiger partial charge is 0.303 e. The molecule has 1 saturated heterocycles. The van der Waals surface area contributed by atoms with Crippen LogP contribution in [0.4, 0.5) is 0 Å². The molecule has 19 heavy (non-hydrogen) atoms. The Labute approximate surface area is 129 Å². The molecule has 0 radical (unpaired) electrons. The summed E-state index contributed by atoms with van der Waals surface area (Å²) in [4.78, 5) is 15.0. The Kier molecular flexibility index (Phi) is 5.04. The van der Waals surface area contributed by atoms with E-state index < -0.39 is 0 Å². The molecule has 1 unspecified atom stereocenters.